The molecule has 3 nitrogen and oxygen atoms in total. The van der Waals surface area contributed by atoms with E-state index in [2.05, 4.69) is 31.4 Å². The highest BCUT2D eigenvalue weighted by Gasteiger charge is 2.35. The molecule has 0 aromatic heterocycles. The number of hydrogen-bond acceptors (Lipinski definition) is 2. The van der Waals surface area contributed by atoms with E-state index in [0.717, 1.165) is 25.9 Å². The van der Waals surface area contributed by atoms with E-state index in [1.807, 2.05) is 0 Å². The summed E-state index contributed by atoms with van der Waals surface area (Å²) in [5.74, 6) is 0.241. The van der Waals surface area contributed by atoms with E-state index in [0.29, 0.717) is 6.04 Å². The van der Waals surface area contributed by atoms with Gasteiger partial charge in [-0.2, -0.15) is 0 Å². The molecule has 0 saturated heterocycles. The van der Waals surface area contributed by atoms with Crippen molar-refractivity contribution in [2.24, 2.45) is 5.41 Å². The average molecular weight is 212 g/mol. The van der Waals surface area contributed by atoms with Gasteiger partial charge in [-0.25, -0.2) is 0 Å². The number of amides is 1. The van der Waals surface area contributed by atoms with E-state index < -0.39 is 0 Å². The number of rotatable bonds is 5. The van der Waals surface area contributed by atoms with E-state index in [9.17, 15) is 4.79 Å². The summed E-state index contributed by atoms with van der Waals surface area (Å²) < 4.78 is 0. The minimum absolute atomic E-state index is 0.0913. The van der Waals surface area contributed by atoms with Crippen LogP contribution in [-0.2, 0) is 4.79 Å². The van der Waals surface area contributed by atoms with Gasteiger partial charge in [-0.1, -0.05) is 26.7 Å². The van der Waals surface area contributed by atoms with E-state index in [1.54, 1.807) is 0 Å². The number of likely N-dealkylation sites (N-methyl/N-ethyl adjacent to an activating group) is 1. The molecule has 0 heterocycles. The Hall–Kier alpha value is -0.570. The maximum Gasteiger partial charge on any atom is 0.225 e. The van der Waals surface area contributed by atoms with Crippen LogP contribution in [0.25, 0.3) is 0 Å². The van der Waals surface area contributed by atoms with Crippen LogP contribution in [0.15, 0.2) is 0 Å². The minimum Gasteiger partial charge on any atom is -0.354 e. The van der Waals surface area contributed by atoms with Crippen molar-refractivity contribution in [3.8, 4) is 0 Å². The molecule has 88 valence electrons. The largest absolute Gasteiger partial charge is 0.354 e. The Balaban J connectivity index is 2.29. The number of nitrogens with one attached hydrogen (secondary N) is 2. The Bertz CT molecular complexity index is 210. The van der Waals surface area contributed by atoms with Crippen LogP contribution in [0.5, 0.6) is 0 Å². The molecule has 0 bridgehead atoms. The summed E-state index contributed by atoms with van der Waals surface area (Å²) >= 11 is 0. The third-order valence-electron chi connectivity index (χ3n) is 3.38. The lowest BCUT2D eigenvalue weighted by Gasteiger charge is -2.23. The molecule has 0 radical (unpaired) electrons. The Labute approximate surface area is 93.0 Å². The van der Waals surface area contributed by atoms with Gasteiger partial charge in [0, 0.05) is 18.0 Å². The monoisotopic (exact) mass is 212 g/mol. The molecule has 1 aliphatic rings. The van der Waals surface area contributed by atoms with Gasteiger partial charge >= 0.3 is 0 Å². The highest BCUT2D eigenvalue weighted by atomic mass is 16.2. The third-order valence-corrected chi connectivity index (χ3v) is 3.38. The van der Waals surface area contributed by atoms with Crippen molar-refractivity contribution in [1.29, 1.82) is 0 Å². The molecule has 0 unspecified atom stereocenters. The van der Waals surface area contributed by atoms with Crippen molar-refractivity contribution in [2.75, 3.05) is 13.1 Å². The molecule has 0 spiro atoms. The van der Waals surface area contributed by atoms with E-state index in [1.165, 1.54) is 12.8 Å². The van der Waals surface area contributed by atoms with Gasteiger partial charge in [0.25, 0.3) is 0 Å². The van der Waals surface area contributed by atoms with Gasteiger partial charge in [-0.05, 0) is 26.3 Å². The molecule has 15 heavy (non-hydrogen) atoms. The van der Waals surface area contributed by atoms with E-state index >= 15 is 0 Å². The van der Waals surface area contributed by atoms with Crippen molar-refractivity contribution in [3.05, 3.63) is 0 Å². The molecule has 0 aromatic carbocycles. The van der Waals surface area contributed by atoms with Crippen molar-refractivity contribution >= 4 is 5.91 Å². The first-order valence-corrected chi connectivity index (χ1v) is 6.10. The Morgan fingerprint density at radius 2 is 2.00 bits per heavy atom. The molecule has 1 fully saturated rings. The molecule has 3 heteroatoms. The van der Waals surface area contributed by atoms with Crippen LogP contribution >= 0.6 is 0 Å². The summed E-state index contributed by atoms with van der Waals surface area (Å²) in [6.45, 7) is 7.96. The van der Waals surface area contributed by atoms with E-state index in [4.69, 9.17) is 0 Å². The van der Waals surface area contributed by atoms with Gasteiger partial charge in [0.2, 0.25) is 5.91 Å². The first kappa shape index (κ1) is 12.5. The molecule has 0 aliphatic heterocycles. The number of hydrogen-bond donors (Lipinski definition) is 2. The van der Waals surface area contributed by atoms with Crippen molar-refractivity contribution in [3.63, 3.8) is 0 Å². The van der Waals surface area contributed by atoms with Crippen LogP contribution in [0, 0.1) is 5.41 Å². The second-order valence-electron chi connectivity index (χ2n) is 4.94. The standard InChI is InChI=1S/C12H24N2O/c1-4-13-10(2)9-14-11(15)12(3)7-5-6-8-12/h10,13H,4-9H2,1-3H3,(H,14,15)/t10-/m1/s1. The van der Waals surface area contributed by atoms with Crippen molar-refractivity contribution in [2.45, 2.75) is 52.5 Å². The lowest BCUT2D eigenvalue weighted by Crippen LogP contribution is -2.44. The first-order chi connectivity index (χ1) is 7.08. The fraction of sp³-hybridized carbons (Fsp3) is 0.917. The fourth-order valence-electron chi connectivity index (χ4n) is 2.26. The predicted molar refractivity (Wildman–Crippen MR) is 62.7 cm³/mol. The van der Waals surface area contributed by atoms with Crippen LogP contribution in [0.4, 0.5) is 0 Å². The number of carbonyl (C=O) groups is 1. The van der Waals surface area contributed by atoms with Crippen LogP contribution in [0.3, 0.4) is 0 Å². The molecular formula is C12H24N2O. The normalized spacial score (nSPS) is 21.3. The molecule has 2 N–H and O–H groups in total. The zero-order valence-corrected chi connectivity index (χ0v) is 10.2. The van der Waals surface area contributed by atoms with E-state index in [-0.39, 0.29) is 11.3 Å². The third kappa shape index (κ3) is 3.49. The van der Waals surface area contributed by atoms with Gasteiger partial charge < -0.3 is 10.6 Å². The zero-order valence-electron chi connectivity index (χ0n) is 10.2. The van der Waals surface area contributed by atoms with Crippen LogP contribution < -0.4 is 10.6 Å². The topological polar surface area (TPSA) is 41.1 Å². The number of carbonyl (C=O) groups excluding carboxylic acids is 1. The van der Waals surface area contributed by atoms with Crippen LogP contribution in [-0.4, -0.2) is 25.0 Å². The van der Waals surface area contributed by atoms with Gasteiger partial charge in [-0.15, -0.1) is 0 Å². The summed E-state index contributed by atoms with van der Waals surface area (Å²) in [5, 5.41) is 6.34. The maximum atomic E-state index is 11.9. The Kier molecular flexibility index (Phi) is 4.58. The molecule has 1 rings (SSSR count). The molecule has 1 amide bonds. The molecular weight excluding hydrogens is 188 g/mol. The first-order valence-electron chi connectivity index (χ1n) is 6.10. The second kappa shape index (κ2) is 5.50. The predicted octanol–water partition coefficient (Wildman–Crippen LogP) is 1.68. The summed E-state index contributed by atoms with van der Waals surface area (Å²) in [7, 11) is 0. The van der Waals surface area contributed by atoms with Crippen LogP contribution in [0.2, 0.25) is 0 Å². The lowest BCUT2D eigenvalue weighted by molar-refractivity contribution is -0.129. The SMILES string of the molecule is CCN[C@H](C)CNC(=O)C1(C)CCCC1. The summed E-state index contributed by atoms with van der Waals surface area (Å²) in [5.41, 5.74) is -0.0913. The lowest BCUT2D eigenvalue weighted by atomic mass is 9.88. The van der Waals surface area contributed by atoms with Gasteiger partial charge in [0.15, 0.2) is 0 Å². The highest BCUT2D eigenvalue weighted by Crippen LogP contribution is 2.37. The summed E-state index contributed by atoms with van der Waals surface area (Å²) in [6, 6.07) is 0.365. The fourth-order valence-corrected chi connectivity index (χ4v) is 2.26. The van der Waals surface area contributed by atoms with Gasteiger partial charge in [-0.3, -0.25) is 4.79 Å². The zero-order chi connectivity index (χ0) is 11.3. The summed E-state index contributed by atoms with van der Waals surface area (Å²) in [6.07, 6.45) is 4.50. The average Bonchev–Trinajstić information content (AvgIpc) is 2.63. The molecule has 1 saturated carbocycles. The highest BCUT2D eigenvalue weighted by molar-refractivity contribution is 5.82. The maximum absolute atomic E-state index is 11.9. The quantitative estimate of drug-likeness (QED) is 0.728. The molecule has 1 atom stereocenters. The van der Waals surface area contributed by atoms with Crippen LogP contribution in [0.1, 0.15) is 46.5 Å². The van der Waals surface area contributed by atoms with Crippen molar-refractivity contribution in [1.82, 2.24) is 10.6 Å². The Morgan fingerprint density at radius 3 is 2.53 bits per heavy atom. The second-order valence-corrected chi connectivity index (χ2v) is 4.94. The summed E-state index contributed by atoms with van der Waals surface area (Å²) in [4.78, 5) is 11.9. The molecule has 0 aromatic rings. The molecule has 1 aliphatic carbocycles. The van der Waals surface area contributed by atoms with Gasteiger partial charge in [0.1, 0.15) is 0 Å². The van der Waals surface area contributed by atoms with Gasteiger partial charge in [0.05, 0.1) is 0 Å². The smallest absolute Gasteiger partial charge is 0.225 e. The minimum atomic E-state index is -0.0913. The Morgan fingerprint density at radius 1 is 1.40 bits per heavy atom. The van der Waals surface area contributed by atoms with Crippen molar-refractivity contribution < 1.29 is 4.79 Å².